The molecule has 0 amide bonds. The van der Waals surface area contributed by atoms with E-state index in [-0.39, 0.29) is 0 Å². The molecule has 0 saturated carbocycles. The Labute approximate surface area is 221 Å². The van der Waals surface area contributed by atoms with Gasteiger partial charge in [-0.05, 0) is 50.1 Å². The van der Waals surface area contributed by atoms with Gasteiger partial charge in [0.15, 0.2) is 0 Å². The van der Waals surface area contributed by atoms with Crippen LogP contribution in [-0.4, -0.2) is 0 Å². The van der Waals surface area contributed by atoms with Crippen LogP contribution >= 0.6 is 15.9 Å². The molecule has 0 aliphatic heterocycles. The molecular formula is C35H25Br. The first kappa shape index (κ1) is 22.5. The van der Waals surface area contributed by atoms with Gasteiger partial charge in [0.25, 0.3) is 0 Å². The number of rotatable bonds is 5. The molecule has 0 heterocycles. The minimum Gasteiger partial charge on any atom is -0.0695 e. The summed E-state index contributed by atoms with van der Waals surface area (Å²) in [5, 5.41) is 0. The Hall–Kier alpha value is -3.94. The quantitative estimate of drug-likeness (QED) is 0.201. The molecule has 6 rings (SSSR count). The van der Waals surface area contributed by atoms with Crippen molar-refractivity contribution in [2.45, 2.75) is 4.32 Å². The molecule has 1 aliphatic carbocycles. The first-order chi connectivity index (χ1) is 17.8. The van der Waals surface area contributed by atoms with Gasteiger partial charge in [0.05, 0.1) is 0 Å². The van der Waals surface area contributed by atoms with E-state index in [1.807, 2.05) is 0 Å². The minimum atomic E-state index is -0.548. The van der Waals surface area contributed by atoms with Crippen molar-refractivity contribution in [3.63, 3.8) is 0 Å². The van der Waals surface area contributed by atoms with Gasteiger partial charge in [-0.25, -0.2) is 0 Å². The second kappa shape index (κ2) is 9.60. The van der Waals surface area contributed by atoms with Gasteiger partial charge in [-0.2, -0.15) is 0 Å². The smallest absolute Gasteiger partial charge is 0.0695 e. The molecule has 5 aromatic carbocycles. The molecule has 1 heteroatoms. The molecule has 1 aliphatic rings. The molecule has 0 unspecified atom stereocenters. The van der Waals surface area contributed by atoms with Gasteiger partial charge >= 0.3 is 0 Å². The average molecular weight is 525 g/mol. The van der Waals surface area contributed by atoms with Crippen LogP contribution in [0.25, 0.3) is 22.3 Å². The van der Waals surface area contributed by atoms with E-state index >= 15 is 0 Å². The van der Waals surface area contributed by atoms with Crippen molar-refractivity contribution in [2.24, 2.45) is 0 Å². The van der Waals surface area contributed by atoms with Crippen LogP contribution < -0.4 is 0 Å². The lowest BCUT2D eigenvalue weighted by Gasteiger charge is -2.32. The molecule has 0 radical (unpaired) electrons. The van der Waals surface area contributed by atoms with Gasteiger partial charge in [0.2, 0.25) is 0 Å². The predicted octanol–water partition coefficient (Wildman–Crippen LogP) is 9.51. The minimum absolute atomic E-state index is 0.548. The molecule has 0 saturated heterocycles. The zero-order valence-corrected chi connectivity index (χ0v) is 21.4. The first-order valence-corrected chi connectivity index (χ1v) is 13.0. The highest BCUT2D eigenvalue weighted by Gasteiger charge is 2.48. The van der Waals surface area contributed by atoms with E-state index < -0.39 is 4.32 Å². The van der Waals surface area contributed by atoms with E-state index in [9.17, 15) is 0 Å². The number of hydrogen-bond donors (Lipinski definition) is 0. The zero-order chi connectivity index (χ0) is 24.4. The monoisotopic (exact) mass is 524 g/mol. The Bertz CT molecular complexity index is 1430. The van der Waals surface area contributed by atoms with Crippen molar-refractivity contribution in [1.82, 2.24) is 0 Å². The lowest BCUT2D eigenvalue weighted by molar-refractivity contribution is 1.08. The van der Waals surface area contributed by atoms with E-state index in [1.165, 1.54) is 50.1 Å². The Morgan fingerprint density at radius 1 is 0.333 bits per heavy atom. The fourth-order valence-electron chi connectivity index (χ4n) is 5.36. The molecule has 36 heavy (non-hydrogen) atoms. The van der Waals surface area contributed by atoms with Gasteiger partial charge in [-0.1, -0.05) is 168 Å². The molecule has 5 aromatic rings. The SMILES string of the molecule is BrC1(c2ccccc2)C(c2ccccc2)=C(c2ccccc2)C(c2ccccc2)=C1c1ccccc1. The van der Waals surface area contributed by atoms with Crippen molar-refractivity contribution in [3.05, 3.63) is 179 Å². The Morgan fingerprint density at radius 3 is 0.944 bits per heavy atom. The summed E-state index contributed by atoms with van der Waals surface area (Å²) in [6.45, 7) is 0. The Kier molecular flexibility index (Phi) is 6.01. The van der Waals surface area contributed by atoms with Crippen LogP contribution in [0.2, 0.25) is 0 Å². The molecule has 0 fully saturated rings. The predicted molar refractivity (Wildman–Crippen MR) is 156 cm³/mol. The molecule has 0 aromatic heterocycles. The number of hydrogen-bond acceptors (Lipinski definition) is 0. The lowest BCUT2D eigenvalue weighted by Crippen LogP contribution is -2.20. The summed E-state index contributed by atoms with van der Waals surface area (Å²) in [5.41, 5.74) is 11.1. The average Bonchev–Trinajstić information content (AvgIpc) is 3.25. The molecule has 0 N–H and O–H groups in total. The number of halogens is 1. The maximum absolute atomic E-state index is 4.42. The van der Waals surface area contributed by atoms with E-state index in [1.54, 1.807) is 0 Å². The topological polar surface area (TPSA) is 0 Å². The third-order valence-electron chi connectivity index (χ3n) is 6.86. The van der Waals surface area contributed by atoms with E-state index in [0.717, 1.165) is 0 Å². The highest BCUT2D eigenvalue weighted by Crippen LogP contribution is 2.64. The number of allylic oxidation sites excluding steroid dienone is 4. The van der Waals surface area contributed by atoms with Crippen LogP contribution in [0.4, 0.5) is 0 Å². The van der Waals surface area contributed by atoms with Crippen LogP contribution in [0.15, 0.2) is 152 Å². The summed E-state index contributed by atoms with van der Waals surface area (Å²) >= 11 is 4.42. The van der Waals surface area contributed by atoms with Crippen molar-refractivity contribution in [1.29, 1.82) is 0 Å². The van der Waals surface area contributed by atoms with Gasteiger partial charge in [0.1, 0.15) is 4.32 Å². The summed E-state index contributed by atoms with van der Waals surface area (Å²) < 4.78 is -0.548. The van der Waals surface area contributed by atoms with Crippen LogP contribution in [0.1, 0.15) is 27.8 Å². The third kappa shape index (κ3) is 3.77. The summed E-state index contributed by atoms with van der Waals surface area (Å²) in [6, 6.07) is 54.1. The van der Waals surface area contributed by atoms with Crippen molar-refractivity contribution >= 4 is 38.2 Å². The first-order valence-electron chi connectivity index (χ1n) is 12.2. The second-order valence-electron chi connectivity index (χ2n) is 8.99. The second-order valence-corrected chi connectivity index (χ2v) is 10.2. The van der Waals surface area contributed by atoms with Gasteiger partial charge in [0, 0.05) is 0 Å². The largest absolute Gasteiger partial charge is 0.103 e. The molecule has 0 bridgehead atoms. The number of benzene rings is 5. The van der Waals surface area contributed by atoms with E-state index in [0.29, 0.717) is 0 Å². The van der Waals surface area contributed by atoms with Gasteiger partial charge < -0.3 is 0 Å². The van der Waals surface area contributed by atoms with Crippen LogP contribution in [0, 0.1) is 0 Å². The van der Waals surface area contributed by atoms with Crippen molar-refractivity contribution < 1.29 is 0 Å². The molecule has 0 atom stereocenters. The normalized spacial score (nSPS) is 14.8. The third-order valence-corrected chi connectivity index (χ3v) is 8.11. The maximum atomic E-state index is 4.42. The summed E-state index contributed by atoms with van der Waals surface area (Å²) in [4.78, 5) is 0. The van der Waals surface area contributed by atoms with E-state index in [2.05, 4.69) is 168 Å². The Morgan fingerprint density at radius 2 is 0.611 bits per heavy atom. The maximum Gasteiger partial charge on any atom is 0.103 e. The standard InChI is InChI=1S/C35H25Br/c36-35(30-24-14-5-15-25-30)33(28-20-10-3-11-21-28)31(26-16-6-1-7-17-26)32(27-18-8-2-9-19-27)34(35)29-22-12-4-13-23-29/h1-25H. The fourth-order valence-corrected chi connectivity index (χ4v) is 6.48. The molecular weight excluding hydrogens is 500 g/mol. The number of alkyl halides is 1. The molecule has 0 nitrogen and oxygen atoms in total. The summed E-state index contributed by atoms with van der Waals surface area (Å²) in [5.74, 6) is 0. The van der Waals surface area contributed by atoms with Crippen LogP contribution in [-0.2, 0) is 4.32 Å². The highest BCUT2D eigenvalue weighted by atomic mass is 79.9. The van der Waals surface area contributed by atoms with Crippen molar-refractivity contribution in [2.75, 3.05) is 0 Å². The van der Waals surface area contributed by atoms with Crippen LogP contribution in [0.3, 0.4) is 0 Å². The molecule has 0 spiro atoms. The van der Waals surface area contributed by atoms with Crippen LogP contribution in [0.5, 0.6) is 0 Å². The fraction of sp³-hybridized carbons (Fsp3) is 0.0286. The summed E-state index contributed by atoms with van der Waals surface area (Å²) in [6.07, 6.45) is 0. The Balaban J connectivity index is 1.82. The van der Waals surface area contributed by atoms with Crippen molar-refractivity contribution in [3.8, 4) is 0 Å². The lowest BCUT2D eigenvalue weighted by atomic mass is 9.81. The van der Waals surface area contributed by atoms with Gasteiger partial charge in [-0.15, -0.1) is 0 Å². The molecule has 172 valence electrons. The summed E-state index contributed by atoms with van der Waals surface area (Å²) in [7, 11) is 0. The zero-order valence-electron chi connectivity index (χ0n) is 19.8. The van der Waals surface area contributed by atoms with Gasteiger partial charge in [-0.3, -0.25) is 0 Å². The van der Waals surface area contributed by atoms with E-state index in [4.69, 9.17) is 0 Å². The highest BCUT2D eigenvalue weighted by molar-refractivity contribution is 9.10.